The van der Waals surface area contributed by atoms with Gasteiger partial charge in [-0.2, -0.15) is 8.78 Å². The number of anilines is 1. The number of hydrogen-bond donors (Lipinski definition) is 1. The molecular formula is C9H11F2N3. The molecule has 0 saturated heterocycles. The predicted octanol–water partition coefficient (Wildman–Crippen LogP) is 2.02. The van der Waals surface area contributed by atoms with Crippen molar-refractivity contribution in [2.24, 2.45) is 5.92 Å². The van der Waals surface area contributed by atoms with Crippen LogP contribution in [0.3, 0.4) is 0 Å². The van der Waals surface area contributed by atoms with Gasteiger partial charge in [0, 0.05) is 13.0 Å². The summed E-state index contributed by atoms with van der Waals surface area (Å²) >= 11 is 0. The Hall–Kier alpha value is -1.26. The van der Waals surface area contributed by atoms with E-state index in [2.05, 4.69) is 15.5 Å². The molecule has 1 aromatic heterocycles. The molecule has 0 aliphatic heterocycles. The lowest BCUT2D eigenvalue weighted by Crippen LogP contribution is -2.18. The van der Waals surface area contributed by atoms with Crippen molar-refractivity contribution in [2.75, 3.05) is 12.4 Å². The van der Waals surface area contributed by atoms with Crippen LogP contribution >= 0.6 is 0 Å². The third kappa shape index (κ3) is 1.54. The second kappa shape index (κ2) is 3.15. The molecule has 0 unspecified atom stereocenters. The first-order chi connectivity index (χ1) is 6.64. The van der Waals surface area contributed by atoms with Gasteiger partial charge >= 0.3 is 0 Å². The molecule has 76 valence electrons. The maximum Gasteiger partial charge on any atom is 0.294 e. The van der Waals surface area contributed by atoms with Crippen LogP contribution in [0.2, 0.25) is 0 Å². The van der Waals surface area contributed by atoms with Crippen molar-refractivity contribution in [2.45, 2.75) is 18.8 Å². The summed E-state index contributed by atoms with van der Waals surface area (Å²) < 4.78 is 26.9. The summed E-state index contributed by atoms with van der Waals surface area (Å²) in [6.45, 7) is 0. The van der Waals surface area contributed by atoms with E-state index in [0.717, 1.165) is 0 Å². The lowest BCUT2D eigenvalue weighted by atomic mass is 10.1. The second-order valence-corrected chi connectivity index (χ2v) is 3.45. The van der Waals surface area contributed by atoms with Crippen LogP contribution in [0, 0.1) is 5.92 Å². The number of nitrogens with zero attached hydrogens (tertiary/aromatic N) is 2. The highest BCUT2D eigenvalue weighted by Gasteiger charge is 2.49. The van der Waals surface area contributed by atoms with E-state index in [4.69, 9.17) is 0 Å². The molecule has 1 aliphatic rings. The molecule has 0 bridgehead atoms. The minimum Gasteiger partial charge on any atom is -0.372 e. The van der Waals surface area contributed by atoms with Gasteiger partial charge in [-0.3, -0.25) is 0 Å². The Labute approximate surface area is 80.5 Å². The summed E-state index contributed by atoms with van der Waals surface area (Å²) in [5.74, 6) is -2.84. The van der Waals surface area contributed by atoms with Gasteiger partial charge in [0.2, 0.25) is 0 Å². The summed E-state index contributed by atoms with van der Waals surface area (Å²) in [4.78, 5) is 0. The fourth-order valence-corrected chi connectivity index (χ4v) is 1.30. The zero-order valence-electron chi connectivity index (χ0n) is 7.80. The van der Waals surface area contributed by atoms with E-state index in [-0.39, 0.29) is 5.69 Å². The average Bonchev–Trinajstić information content (AvgIpc) is 3.01. The first-order valence-corrected chi connectivity index (χ1v) is 4.54. The topological polar surface area (TPSA) is 37.8 Å². The first-order valence-electron chi connectivity index (χ1n) is 4.54. The zero-order chi connectivity index (χ0) is 10.2. The highest BCUT2D eigenvalue weighted by molar-refractivity contribution is 5.32. The third-order valence-electron chi connectivity index (χ3n) is 2.35. The molecule has 1 aliphatic carbocycles. The van der Waals surface area contributed by atoms with Crippen LogP contribution in [-0.4, -0.2) is 17.2 Å². The molecular weight excluding hydrogens is 188 g/mol. The molecule has 14 heavy (non-hydrogen) atoms. The molecule has 0 aromatic carbocycles. The Bertz CT molecular complexity index is 319. The summed E-state index contributed by atoms with van der Waals surface area (Å²) in [6.07, 6.45) is 1.17. The molecule has 1 heterocycles. The number of rotatable bonds is 3. The normalized spacial score (nSPS) is 16.8. The van der Waals surface area contributed by atoms with Crippen LogP contribution in [-0.2, 0) is 5.92 Å². The fourth-order valence-electron chi connectivity index (χ4n) is 1.30. The highest BCUT2D eigenvalue weighted by Crippen LogP contribution is 2.48. The van der Waals surface area contributed by atoms with Crippen molar-refractivity contribution in [3.63, 3.8) is 0 Å². The second-order valence-electron chi connectivity index (χ2n) is 3.45. The molecule has 1 aromatic rings. The van der Waals surface area contributed by atoms with E-state index in [1.807, 2.05) is 0 Å². The van der Waals surface area contributed by atoms with Crippen molar-refractivity contribution < 1.29 is 8.78 Å². The molecule has 1 N–H and O–H groups in total. The quantitative estimate of drug-likeness (QED) is 0.809. The van der Waals surface area contributed by atoms with E-state index >= 15 is 0 Å². The Kier molecular flexibility index (Phi) is 2.09. The molecule has 2 rings (SSSR count). The first kappa shape index (κ1) is 9.30. The summed E-state index contributed by atoms with van der Waals surface area (Å²) in [5, 5.41) is 9.88. The Morgan fingerprint density at radius 1 is 1.36 bits per heavy atom. The van der Waals surface area contributed by atoms with Crippen molar-refractivity contribution in [1.29, 1.82) is 0 Å². The van der Waals surface area contributed by atoms with E-state index in [0.29, 0.717) is 18.7 Å². The number of halogens is 2. The maximum absolute atomic E-state index is 13.5. The molecule has 0 spiro atoms. The van der Waals surface area contributed by atoms with E-state index < -0.39 is 11.8 Å². The summed E-state index contributed by atoms with van der Waals surface area (Å²) in [6, 6.07) is 2.84. The van der Waals surface area contributed by atoms with Crippen LogP contribution < -0.4 is 5.32 Å². The molecule has 3 nitrogen and oxygen atoms in total. The van der Waals surface area contributed by atoms with Crippen molar-refractivity contribution in [1.82, 2.24) is 10.2 Å². The van der Waals surface area contributed by atoms with Crippen LogP contribution in [0.25, 0.3) is 0 Å². The summed E-state index contributed by atoms with van der Waals surface area (Å²) in [7, 11) is 1.67. The Balaban J connectivity index is 2.23. The van der Waals surface area contributed by atoms with Gasteiger partial charge < -0.3 is 5.32 Å². The number of hydrogen-bond acceptors (Lipinski definition) is 3. The number of alkyl halides is 2. The van der Waals surface area contributed by atoms with Gasteiger partial charge in [0.1, 0.15) is 11.5 Å². The Morgan fingerprint density at radius 3 is 2.50 bits per heavy atom. The van der Waals surface area contributed by atoms with Gasteiger partial charge in [-0.05, 0) is 25.0 Å². The predicted molar refractivity (Wildman–Crippen MR) is 48.2 cm³/mol. The maximum atomic E-state index is 13.5. The summed E-state index contributed by atoms with van der Waals surface area (Å²) in [5.41, 5.74) is -0.223. The van der Waals surface area contributed by atoms with Crippen LogP contribution in [0.5, 0.6) is 0 Å². The van der Waals surface area contributed by atoms with Gasteiger partial charge in [0.25, 0.3) is 5.92 Å². The lowest BCUT2D eigenvalue weighted by Gasteiger charge is -2.13. The van der Waals surface area contributed by atoms with E-state index in [1.54, 1.807) is 7.05 Å². The monoisotopic (exact) mass is 199 g/mol. The Morgan fingerprint density at radius 2 is 2.07 bits per heavy atom. The molecule has 0 atom stereocenters. The van der Waals surface area contributed by atoms with E-state index in [9.17, 15) is 8.78 Å². The van der Waals surface area contributed by atoms with Crippen LogP contribution in [0.4, 0.5) is 14.6 Å². The van der Waals surface area contributed by atoms with E-state index in [1.165, 1.54) is 12.1 Å². The molecule has 0 amide bonds. The standard InChI is InChI=1S/C9H11F2N3/c1-12-8-5-4-7(13-14-8)9(10,11)6-2-3-6/h4-6H,2-3H2,1H3,(H,12,14). The fraction of sp³-hybridized carbons (Fsp3) is 0.556. The van der Waals surface area contributed by atoms with Crippen molar-refractivity contribution in [3.05, 3.63) is 17.8 Å². The largest absolute Gasteiger partial charge is 0.372 e. The van der Waals surface area contributed by atoms with Crippen molar-refractivity contribution in [3.8, 4) is 0 Å². The molecule has 1 saturated carbocycles. The average molecular weight is 199 g/mol. The van der Waals surface area contributed by atoms with Gasteiger partial charge in [-0.15, -0.1) is 10.2 Å². The van der Waals surface area contributed by atoms with Gasteiger partial charge in [0.05, 0.1) is 0 Å². The SMILES string of the molecule is CNc1ccc(C(F)(F)C2CC2)nn1. The minimum absolute atomic E-state index is 0.223. The number of aromatic nitrogens is 2. The van der Waals surface area contributed by atoms with Gasteiger partial charge in [0.15, 0.2) is 0 Å². The van der Waals surface area contributed by atoms with Crippen LogP contribution in [0.15, 0.2) is 12.1 Å². The lowest BCUT2D eigenvalue weighted by molar-refractivity contribution is -0.0336. The smallest absolute Gasteiger partial charge is 0.294 e. The van der Waals surface area contributed by atoms with Crippen molar-refractivity contribution >= 4 is 5.82 Å². The third-order valence-corrected chi connectivity index (χ3v) is 2.35. The zero-order valence-corrected chi connectivity index (χ0v) is 7.80. The highest BCUT2D eigenvalue weighted by atomic mass is 19.3. The molecule has 0 radical (unpaired) electrons. The van der Waals surface area contributed by atoms with Gasteiger partial charge in [-0.1, -0.05) is 0 Å². The molecule has 5 heteroatoms. The van der Waals surface area contributed by atoms with Gasteiger partial charge in [-0.25, -0.2) is 0 Å². The van der Waals surface area contributed by atoms with Crippen LogP contribution in [0.1, 0.15) is 18.5 Å². The molecule has 1 fully saturated rings. The number of nitrogens with one attached hydrogen (secondary N) is 1. The minimum atomic E-state index is -2.81.